The van der Waals surface area contributed by atoms with E-state index in [0.29, 0.717) is 0 Å². The third kappa shape index (κ3) is 3.06. The van der Waals surface area contributed by atoms with Crippen LogP contribution in [0, 0.1) is 10.8 Å². The molecule has 0 amide bonds. The molecule has 18 heavy (non-hydrogen) atoms. The first-order valence-electron chi connectivity index (χ1n) is 7.58. The Morgan fingerprint density at radius 3 is 1.94 bits per heavy atom. The molecule has 110 valence electrons. The smallest absolute Gasteiger partial charge is 0.0505 e. The van der Waals surface area contributed by atoms with E-state index < -0.39 is 0 Å². The van der Waals surface area contributed by atoms with E-state index in [0.717, 1.165) is 25.9 Å². The van der Waals surface area contributed by atoms with Crippen LogP contribution >= 0.6 is 0 Å². The minimum absolute atomic E-state index is 0.0878. The van der Waals surface area contributed by atoms with Crippen molar-refractivity contribution in [3.63, 3.8) is 0 Å². The van der Waals surface area contributed by atoms with Gasteiger partial charge in [-0.25, -0.2) is 0 Å². The van der Waals surface area contributed by atoms with Crippen molar-refractivity contribution in [1.82, 2.24) is 4.90 Å². The lowest BCUT2D eigenvalue weighted by Crippen LogP contribution is -2.40. The fourth-order valence-corrected chi connectivity index (χ4v) is 3.86. The molecule has 0 aromatic rings. The average Bonchev–Trinajstić information content (AvgIpc) is 2.85. The molecule has 1 aliphatic carbocycles. The first-order valence-corrected chi connectivity index (χ1v) is 7.58. The van der Waals surface area contributed by atoms with Crippen molar-refractivity contribution in [2.45, 2.75) is 53.4 Å². The van der Waals surface area contributed by atoms with E-state index >= 15 is 0 Å². The van der Waals surface area contributed by atoms with Crippen molar-refractivity contribution >= 4 is 0 Å². The normalized spacial score (nSPS) is 34.2. The number of aliphatic hydroxyl groups is 2. The molecule has 2 atom stereocenters. The number of likely N-dealkylation sites (tertiary alicyclic amines) is 1. The molecule has 0 aromatic heterocycles. The minimum Gasteiger partial charge on any atom is -0.396 e. The average molecular weight is 259 g/mol. The molecule has 2 aliphatic rings. The maximum atomic E-state index is 9.63. The number of nitrogens with zero attached hydrogens (tertiary/aromatic N) is 1. The highest BCUT2D eigenvalue weighted by Gasteiger charge is 2.58. The summed E-state index contributed by atoms with van der Waals surface area (Å²) >= 11 is 0. The van der Waals surface area contributed by atoms with E-state index in [1.165, 1.54) is 12.8 Å². The summed E-state index contributed by atoms with van der Waals surface area (Å²) < 4.78 is 0. The zero-order valence-corrected chi connectivity index (χ0v) is 13.0. The summed E-state index contributed by atoms with van der Waals surface area (Å²) in [6, 6.07) is 0. The molecule has 2 unspecified atom stereocenters. The van der Waals surface area contributed by atoms with E-state index in [-0.39, 0.29) is 24.0 Å². The summed E-state index contributed by atoms with van der Waals surface area (Å²) in [5.74, 6) is 0. The van der Waals surface area contributed by atoms with Gasteiger partial charge in [0, 0.05) is 25.1 Å². The van der Waals surface area contributed by atoms with Gasteiger partial charge in [0.05, 0.1) is 6.61 Å². The fraction of sp³-hybridized carbons (Fsp3) is 1.00. The van der Waals surface area contributed by atoms with Gasteiger partial charge in [0.2, 0.25) is 0 Å². The molecule has 2 fully saturated rings. The van der Waals surface area contributed by atoms with E-state index in [1.54, 1.807) is 0 Å². The summed E-state index contributed by atoms with van der Waals surface area (Å²) in [7, 11) is 2.12. The molecular weight excluding hydrogens is 226 g/mol. The van der Waals surface area contributed by atoms with E-state index in [4.69, 9.17) is 5.11 Å². The van der Waals surface area contributed by atoms with Crippen LogP contribution in [0.25, 0.3) is 0 Å². The number of aliphatic hydroxyl groups excluding tert-OH is 2. The third-order valence-electron chi connectivity index (χ3n) is 4.47. The zero-order chi connectivity index (χ0) is 14.2. The van der Waals surface area contributed by atoms with Gasteiger partial charge in [0.25, 0.3) is 0 Å². The second-order valence-electron chi connectivity index (χ2n) is 5.22. The topological polar surface area (TPSA) is 43.7 Å². The predicted octanol–water partition coefficient (Wildman–Crippen LogP) is 2.52. The molecule has 1 saturated carbocycles. The Kier molecular flexibility index (Phi) is 8.08. The molecule has 3 heteroatoms. The van der Waals surface area contributed by atoms with Crippen molar-refractivity contribution < 1.29 is 10.2 Å². The van der Waals surface area contributed by atoms with Crippen molar-refractivity contribution in [1.29, 1.82) is 0 Å². The van der Waals surface area contributed by atoms with Gasteiger partial charge in [-0.1, -0.05) is 34.1 Å². The maximum Gasteiger partial charge on any atom is 0.0505 e. The van der Waals surface area contributed by atoms with Crippen molar-refractivity contribution in [2.75, 3.05) is 33.4 Å². The van der Waals surface area contributed by atoms with Crippen LogP contribution in [-0.2, 0) is 0 Å². The summed E-state index contributed by atoms with van der Waals surface area (Å²) in [5.41, 5.74) is 0.287. The van der Waals surface area contributed by atoms with Crippen LogP contribution in [0.2, 0.25) is 0 Å². The SMILES string of the molecule is CC.CC.CN1CC2(CO)CCCC2(CCO)C1. The lowest BCUT2D eigenvalue weighted by atomic mass is 9.67. The van der Waals surface area contributed by atoms with Crippen LogP contribution in [0.4, 0.5) is 0 Å². The highest BCUT2D eigenvalue weighted by atomic mass is 16.3. The Bertz CT molecular complexity index is 223. The van der Waals surface area contributed by atoms with Crippen molar-refractivity contribution in [3.8, 4) is 0 Å². The standard InChI is InChI=1S/C11H21NO2.2C2H6/c1-12-7-10(5-6-13)3-2-4-11(10,8-12)9-14;2*1-2/h13-14H,2-9H2,1H3;2*1-2H3. The molecule has 0 aromatic carbocycles. The van der Waals surface area contributed by atoms with Gasteiger partial charge in [0.1, 0.15) is 0 Å². The lowest BCUT2D eigenvalue weighted by Gasteiger charge is -2.38. The van der Waals surface area contributed by atoms with Crippen molar-refractivity contribution in [3.05, 3.63) is 0 Å². The van der Waals surface area contributed by atoms with E-state index in [9.17, 15) is 5.11 Å². The van der Waals surface area contributed by atoms with Crippen LogP contribution in [-0.4, -0.2) is 48.5 Å². The first kappa shape index (κ1) is 17.9. The number of hydrogen-bond acceptors (Lipinski definition) is 3. The zero-order valence-electron chi connectivity index (χ0n) is 13.0. The monoisotopic (exact) mass is 259 g/mol. The third-order valence-corrected chi connectivity index (χ3v) is 4.47. The minimum atomic E-state index is 0.0878. The van der Waals surface area contributed by atoms with Crippen LogP contribution < -0.4 is 0 Å². The molecule has 0 bridgehead atoms. The van der Waals surface area contributed by atoms with Crippen LogP contribution in [0.15, 0.2) is 0 Å². The molecule has 0 spiro atoms. The van der Waals surface area contributed by atoms with Gasteiger partial charge in [-0.15, -0.1) is 0 Å². The summed E-state index contributed by atoms with van der Waals surface area (Å²) in [4.78, 5) is 2.31. The molecular formula is C15H33NO2. The van der Waals surface area contributed by atoms with E-state index in [1.807, 2.05) is 27.7 Å². The van der Waals surface area contributed by atoms with Crippen LogP contribution in [0.5, 0.6) is 0 Å². The molecule has 1 heterocycles. The Morgan fingerprint density at radius 2 is 1.44 bits per heavy atom. The Morgan fingerprint density at radius 1 is 0.944 bits per heavy atom. The van der Waals surface area contributed by atoms with Gasteiger partial charge in [-0.3, -0.25) is 0 Å². The lowest BCUT2D eigenvalue weighted by molar-refractivity contribution is 0.0346. The second kappa shape index (κ2) is 8.13. The Hall–Kier alpha value is -0.120. The van der Waals surface area contributed by atoms with Crippen LogP contribution in [0.1, 0.15) is 53.4 Å². The molecule has 1 aliphatic heterocycles. The summed E-state index contributed by atoms with van der Waals surface area (Å²) in [5, 5.41) is 18.8. The molecule has 1 saturated heterocycles. The summed E-state index contributed by atoms with van der Waals surface area (Å²) in [6.07, 6.45) is 4.39. The number of fused-ring (bicyclic) bond motifs is 1. The molecule has 0 radical (unpaired) electrons. The van der Waals surface area contributed by atoms with Crippen LogP contribution in [0.3, 0.4) is 0 Å². The van der Waals surface area contributed by atoms with Gasteiger partial charge in [-0.05, 0) is 31.7 Å². The van der Waals surface area contributed by atoms with Gasteiger partial charge >= 0.3 is 0 Å². The first-order chi connectivity index (χ1) is 8.68. The Labute approximate surface area is 113 Å². The fourth-order valence-electron chi connectivity index (χ4n) is 3.86. The van der Waals surface area contributed by atoms with Gasteiger partial charge in [0.15, 0.2) is 0 Å². The van der Waals surface area contributed by atoms with Crippen molar-refractivity contribution in [2.24, 2.45) is 10.8 Å². The summed E-state index contributed by atoms with van der Waals surface area (Å²) in [6.45, 7) is 10.6. The maximum absolute atomic E-state index is 9.63. The molecule has 3 nitrogen and oxygen atoms in total. The van der Waals surface area contributed by atoms with E-state index in [2.05, 4.69) is 11.9 Å². The highest BCUT2D eigenvalue weighted by molar-refractivity contribution is 5.09. The Balaban J connectivity index is 0.000000659. The quantitative estimate of drug-likeness (QED) is 0.818. The molecule has 2 N–H and O–H groups in total. The number of rotatable bonds is 3. The highest BCUT2D eigenvalue weighted by Crippen LogP contribution is 2.58. The largest absolute Gasteiger partial charge is 0.396 e. The number of hydrogen-bond donors (Lipinski definition) is 2. The second-order valence-corrected chi connectivity index (χ2v) is 5.22. The molecule has 2 rings (SSSR count). The van der Waals surface area contributed by atoms with Gasteiger partial charge in [-0.2, -0.15) is 0 Å². The van der Waals surface area contributed by atoms with Gasteiger partial charge < -0.3 is 15.1 Å². The predicted molar refractivity (Wildman–Crippen MR) is 77.7 cm³/mol.